The second kappa shape index (κ2) is 7.72. The zero-order valence-corrected chi connectivity index (χ0v) is 15.7. The van der Waals surface area contributed by atoms with Crippen LogP contribution in [0.2, 0.25) is 0 Å². The number of nitrogens with two attached hydrogens (primary N) is 1. The number of nitro groups is 1. The highest BCUT2D eigenvalue weighted by atomic mass is 32.2. The van der Waals surface area contributed by atoms with E-state index in [2.05, 4.69) is 0 Å². The molecule has 1 saturated heterocycles. The molecular weight excluding hydrogens is 410 g/mol. The Bertz CT molecular complexity index is 1060. The summed E-state index contributed by atoms with van der Waals surface area (Å²) in [4.78, 5) is 22.5. The van der Waals surface area contributed by atoms with Crippen LogP contribution < -0.4 is 10.6 Å². The number of rotatable bonds is 5. The van der Waals surface area contributed by atoms with Gasteiger partial charge >= 0.3 is 0 Å². The highest BCUT2D eigenvalue weighted by Crippen LogP contribution is 2.31. The van der Waals surface area contributed by atoms with E-state index in [1.807, 2.05) is 0 Å². The number of halogens is 2. The molecule has 0 saturated carbocycles. The summed E-state index contributed by atoms with van der Waals surface area (Å²) >= 11 is 0. The predicted molar refractivity (Wildman–Crippen MR) is 98.9 cm³/mol. The van der Waals surface area contributed by atoms with Crippen LogP contribution in [-0.2, 0) is 10.0 Å². The van der Waals surface area contributed by atoms with E-state index in [4.69, 9.17) is 5.73 Å². The Kier molecular flexibility index (Phi) is 5.48. The van der Waals surface area contributed by atoms with Gasteiger partial charge in [-0.25, -0.2) is 17.2 Å². The third kappa shape index (κ3) is 3.89. The topological polar surface area (TPSA) is 127 Å². The first kappa shape index (κ1) is 20.6. The first-order chi connectivity index (χ1) is 13.6. The number of sulfonamides is 1. The molecule has 2 aromatic rings. The van der Waals surface area contributed by atoms with E-state index in [0.29, 0.717) is 0 Å². The van der Waals surface area contributed by atoms with E-state index in [1.54, 1.807) is 4.90 Å². The van der Waals surface area contributed by atoms with Gasteiger partial charge in [-0.05, 0) is 24.3 Å². The number of hydrogen-bond donors (Lipinski definition) is 1. The van der Waals surface area contributed by atoms with Gasteiger partial charge in [-0.3, -0.25) is 14.9 Å². The number of nitrogens with zero attached hydrogens (tertiary/aromatic N) is 3. The Morgan fingerprint density at radius 3 is 2.17 bits per heavy atom. The van der Waals surface area contributed by atoms with Crippen LogP contribution in [0.25, 0.3) is 0 Å². The van der Waals surface area contributed by atoms with Gasteiger partial charge in [0.25, 0.3) is 5.69 Å². The minimum absolute atomic E-state index is 0.0308. The molecule has 0 aliphatic carbocycles. The summed E-state index contributed by atoms with van der Waals surface area (Å²) in [6.45, 7) is -0.173. The van der Waals surface area contributed by atoms with Gasteiger partial charge in [0.05, 0.1) is 4.92 Å². The first-order valence-corrected chi connectivity index (χ1v) is 9.84. The number of piperazine rings is 1. The monoisotopic (exact) mass is 426 g/mol. The smallest absolute Gasteiger partial charge is 0.293 e. The molecule has 1 amide bonds. The normalized spacial score (nSPS) is 15.3. The van der Waals surface area contributed by atoms with E-state index >= 15 is 0 Å². The summed E-state index contributed by atoms with van der Waals surface area (Å²) in [5, 5.41) is 11.4. The second-order valence-corrected chi connectivity index (χ2v) is 8.14. The molecule has 1 aliphatic heterocycles. The molecule has 0 atom stereocenters. The Morgan fingerprint density at radius 2 is 1.66 bits per heavy atom. The number of benzene rings is 2. The molecule has 0 radical (unpaired) electrons. The van der Waals surface area contributed by atoms with Crippen molar-refractivity contribution in [3.05, 3.63) is 63.7 Å². The molecule has 9 nitrogen and oxygen atoms in total. The lowest BCUT2D eigenvalue weighted by atomic mass is 10.1. The third-order valence-corrected chi connectivity index (χ3v) is 6.50. The van der Waals surface area contributed by atoms with Crippen LogP contribution in [-0.4, -0.2) is 49.7 Å². The number of amides is 1. The van der Waals surface area contributed by atoms with Crippen molar-refractivity contribution in [1.29, 1.82) is 0 Å². The lowest BCUT2D eigenvalue weighted by Gasteiger charge is -2.35. The van der Waals surface area contributed by atoms with Gasteiger partial charge in [-0.1, -0.05) is 6.07 Å². The van der Waals surface area contributed by atoms with Crippen molar-refractivity contribution in [1.82, 2.24) is 4.31 Å². The average molecular weight is 426 g/mol. The van der Waals surface area contributed by atoms with Gasteiger partial charge in [0, 0.05) is 37.8 Å². The lowest BCUT2D eigenvalue weighted by Crippen LogP contribution is -2.49. The van der Waals surface area contributed by atoms with Crippen molar-refractivity contribution < 1.29 is 26.9 Å². The second-order valence-electron chi connectivity index (χ2n) is 6.27. The van der Waals surface area contributed by atoms with Crippen LogP contribution in [0.1, 0.15) is 10.4 Å². The summed E-state index contributed by atoms with van der Waals surface area (Å²) in [5.41, 5.74) is 4.96. The van der Waals surface area contributed by atoms with Gasteiger partial charge in [0.2, 0.25) is 15.9 Å². The molecule has 1 heterocycles. The third-order valence-electron chi connectivity index (χ3n) is 4.55. The molecule has 0 spiro atoms. The highest BCUT2D eigenvalue weighted by molar-refractivity contribution is 7.89. The van der Waals surface area contributed by atoms with Gasteiger partial charge < -0.3 is 10.6 Å². The molecule has 1 aliphatic rings. The molecule has 0 bridgehead atoms. The number of primary amides is 1. The largest absolute Gasteiger partial charge is 0.366 e. The van der Waals surface area contributed by atoms with Gasteiger partial charge in [0.15, 0.2) is 4.90 Å². The van der Waals surface area contributed by atoms with E-state index in [0.717, 1.165) is 28.6 Å². The Morgan fingerprint density at radius 1 is 1.07 bits per heavy atom. The fourth-order valence-electron chi connectivity index (χ4n) is 3.12. The van der Waals surface area contributed by atoms with E-state index < -0.39 is 37.4 Å². The Balaban J connectivity index is 1.84. The van der Waals surface area contributed by atoms with E-state index in [9.17, 15) is 32.1 Å². The van der Waals surface area contributed by atoms with Crippen molar-refractivity contribution in [3.8, 4) is 0 Å². The SMILES string of the molecule is NC(=O)c1ccc(N2CCN(S(=O)(=O)c3c(F)cccc3F)CC2)c([N+](=O)[O-])c1. The fraction of sp³-hybridized carbons (Fsp3) is 0.235. The number of carbonyl (C=O) groups is 1. The lowest BCUT2D eigenvalue weighted by molar-refractivity contribution is -0.384. The van der Waals surface area contributed by atoms with Crippen LogP contribution in [0.3, 0.4) is 0 Å². The average Bonchev–Trinajstić information content (AvgIpc) is 2.67. The van der Waals surface area contributed by atoms with Gasteiger partial charge in [-0.15, -0.1) is 0 Å². The zero-order chi connectivity index (χ0) is 21.3. The minimum atomic E-state index is -4.41. The fourth-order valence-corrected chi connectivity index (χ4v) is 4.65. The van der Waals surface area contributed by atoms with E-state index in [-0.39, 0.29) is 43.1 Å². The summed E-state index contributed by atoms with van der Waals surface area (Å²) in [5.74, 6) is -3.20. The highest BCUT2D eigenvalue weighted by Gasteiger charge is 2.34. The molecule has 12 heteroatoms. The number of anilines is 1. The maximum atomic E-state index is 13.9. The maximum Gasteiger partial charge on any atom is 0.293 e. The summed E-state index contributed by atoms with van der Waals surface area (Å²) in [6.07, 6.45) is 0. The number of hydrogen-bond acceptors (Lipinski definition) is 6. The van der Waals surface area contributed by atoms with Crippen molar-refractivity contribution in [2.75, 3.05) is 31.1 Å². The van der Waals surface area contributed by atoms with Crippen LogP contribution >= 0.6 is 0 Å². The molecule has 0 unspecified atom stereocenters. The molecule has 0 aromatic heterocycles. The minimum Gasteiger partial charge on any atom is -0.366 e. The summed E-state index contributed by atoms with van der Waals surface area (Å²) in [6, 6.07) is 6.53. The molecule has 3 rings (SSSR count). The zero-order valence-electron chi connectivity index (χ0n) is 14.9. The molecular formula is C17H16F2N4O5S. The van der Waals surface area contributed by atoms with Gasteiger partial charge in [0.1, 0.15) is 17.3 Å². The van der Waals surface area contributed by atoms with Crippen molar-refractivity contribution in [2.24, 2.45) is 5.73 Å². The molecule has 154 valence electrons. The summed E-state index contributed by atoms with van der Waals surface area (Å²) < 4.78 is 54.0. The van der Waals surface area contributed by atoms with Crippen LogP contribution in [0.4, 0.5) is 20.2 Å². The van der Waals surface area contributed by atoms with E-state index in [1.165, 1.54) is 12.1 Å². The van der Waals surface area contributed by atoms with Crippen molar-refractivity contribution in [2.45, 2.75) is 4.90 Å². The van der Waals surface area contributed by atoms with Crippen molar-refractivity contribution in [3.63, 3.8) is 0 Å². The van der Waals surface area contributed by atoms with Crippen LogP contribution in [0.5, 0.6) is 0 Å². The van der Waals surface area contributed by atoms with Crippen LogP contribution in [0.15, 0.2) is 41.3 Å². The molecule has 2 N–H and O–H groups in total. The van der Waals surface area contributed by atoms with Gasteiger partial charge in [-0.2, -0.15) is 4.31 Å². The number of carbonyl (C=O) groups excluding carboxylic acids is 1. The predicted octanol–water partition coefficient (Wildman–Crippen LogP) is 1.48. The molecule has 1 fully saturated rings. The Labute approximate surface area is 164 Å². The molecule has 2 aromatic carbocycles. The van der Waals surface area contributed by atoms with Crippen molar-refractivity contribution >= 4 is 27.3 Å². The molecule has 29 heavy (non-hydrogen) atoms. The Hall–Kier alpha value is -3.12. The first-order valence-electron chi connectivity index (χ1n) is 8.40. The summed E-state index contributed by atoms with van der Waals surface area (Å²) in [7, 11) is -4.41. The number of nitro benzene ring substituents is 1. The maximum absolute atomic E-state index is 13.9. The quantitative estimate of drug-likeness (QED) is 0.570. The standard InChI is InChI=1S/C17H16F2N4O5S/c18-12-2-1-3-13(19)16(12)29(27,28)22-8-6-21(7-9-22)14-5-4-11(17(20)24)10-15(14)23(25)26/h1-5,10H,6-9H2,(H2,20,24). The van der Waals surface area contributed by atoms with Crippen LogP contribution in [0, 0.1) is 21.7 Å².